The Bertz CT molecular complexity index is 307. The summed E-state index contributed by atoms with van der Waals surface area (Å²) in [7, 11) is 2.04. The summed E-state index contributed by atoms with van der Waals surface area (Å²) >= 11 is 0. The fourth-order valence-corrected chi connectivity index (χ4v) is 3.34. The van der Waals surface area contributed by atoms with Crippen LogP contribution in [0, 0.1) is 15.3 Å². The molecule has 0 radical (unpaired) electrons. The summed E-state index contributed by atoms with van der Waals surface area (Å²) in [4.78, 5) is 13.7. The van der Waals surface area contributed by atoms with Crippen molar-refractivity contribution in [3.63, 3.8) is 0 Å². The summed E-state index contributed by atoms with van der Waals surface area (Å²) in [6, 6.07) is 0. The number of rotatable bonds is 20. The van der Waals surface area contributed by atoms with Gasteiger partial charge >= 0.3 is 29.6 Å². The van der Waals surface area contributed by atoms with Crippen LogP contribution in [0.25, 0.3) is 0 Å². The topological polar surface area (TPSA) is 78.7 Å². The molecule has 7 heteroatoms. The van der Waals surface area contributed by atoms with Crippen LogP contribution in [-0.2, 0) is 4.84 Å². The summed E-state index contributed by atoms with van der Waals surface area (Å²) in [5.74, 6) is 0. The minimum absolute atomic E-state index is 0. The normalized spacial score (nSPS) is 10.3. The molecule has 0 aliphatic heterocycles. The van der Waals surface area contributed by atoms with Crippen LogP contribution in [0.2, 0.25) is 0 Å². The molecule has 0 aliphatic carbocycles. The smallest absolute Gasteiger partial charge is 0.356 e. The fraction of sp³-hybridized carbons (Fsp3) is 1.00. The first-order valence-corrected chi connectivity index (χ1v) is 11.7. The van der Waals surface area contributed by atoms with E-state index in [2.05, 4.69) is 6.92 Å². The molecule has 6 nitrogen and oxygen atoms in total. The molecule has 0 saturated heterocycles. The number of nitrogens with zero attached hydrogens (tertiary/aromatic N) is 2. The van der Waals surface area contributed by atoms with Gasteiger partial charge in [0.1, 0.15) is 0 Å². The maximum absolute atomic E-state index is 8.25. The molecule has 0 aromatic heterocycles. The molecular formula is C22H47N2NaO4. The second kappa shape index (κ2) is 30.3. The third kappa shape index (κ3) is 39.2. The summed E-state index contributed by atoms with van der Waals surface area (Å²) in [5, 5.41) is 16.7. The first-order valence-electron chi connectivity index (χ1n) is 11.7. The van der Waals surface area contributed by atoms with Crippen molar-refractivity contribution < 1.29 is 39.5 Å². The van der Waals surface area contributed by atoms with Gasteiger partial charge in [-0.3, -0.25) is 4.84 Å². The predicted octanol–water partition coefficient (Wildman–Crippen LogP) is 4.29. The van der Waals surface area contributed by atoms with Crippen LogP contribution in [0.4, 0.5) is 0 Å². The van der Waals surface area contributed by atoms with Crippen LogP contribution in [0.1, 0.15) is 123 Å². The van der Waals surface area contributed by atoms with Gasteiger partial charge in [-0.25, -0.2) is 0 Å². The molecule has 29 heavy (non-hydrogen) atoms. The van der Waals surface area contributed by atoms with Gasteiger partial charge < -0.3 is 15.3 Å². The zero-order valence-corrected chi connectivity index (χ0v) is 22.0. The Kier molecular flexibility index (Phi) is 35.3. The van der Waals surface area contributed by atoms with E-state index in [0.717, 1.165) is 13.2 Å². The average molecular weight is 427 g/mol. The molecule has 170 valence electrons. The maximum Gasteiger partial charge on any atom is 1.00 e. The van der Waals surface area contributed by atoms with Crippen molar-refractivity contribution in [2.24, 2.45) is 0 Å². The van der Waals surface area contributed by atoms with Crippen LogP contribution in [0.5, 0.6) is 0 Å². The molecule has 0 amide bonds. The minimum atomic E-state index is -1.75. The van der Waals surface area contributed by atoms with E-state index in [1.165, 1.54) is 109 Å². The van der Waals surface area contributed by atoms with Crippen LogP contribution < -0.4 is 29.6 Å². The molecule has 0 bridgehead atoms. The molecule has 0 fully saturated rings. The third-order valence-corrected chi connectivity index (χ3v) is 4.93. The van der Waals surface area contributed by atoms with E-state index >= 15 is 0 Å². The molecule has 0 heterocycles. The Morgan fingerprint density at radius 1 is 0.655 bits per heavy atom. The van der Waals surface area contributed by atoms with Gasteiger partial charge in [0.15, 0.2) is 0 Å². The van der Waals surface area contributed by atoms with Gasteiger partial charge in [-0.2, -0.15) is 5.06 Å². The third-order valence-electron chi connectivity index (χ3n) is 4.93. The zero-order valence-electron chi connectivity index (χ0n) is 20.0. The van der Waals surface area contributed by atoms with Gasteiger partial charge in [0, 0.05) is 13.6 Å². The second-order valence-electron chi connectivity index (χ2n) is 7.65. The Hall–Kier alpha value is 0.120. The van der Waals surface area contributed by atoms with E-state index in [1.807, 2.05) is 19.0 Å². The monoisotopic (exact) mass is 426 g/mol. The molecule has 0 spiro atoms. The Balaban J connectivity index is -0.00000123. The van der Waals surface area contributed by atoms with E-state index < -0.39 is 5.09 Å². The maximum atomic E-state index is 8.25. The van der Waals surface area contributed by atoms with Crippen molar-refractivity contribution in [3.05, 3.63) is 15.3 Å². The molecule has 0 aromatic carbocycles. The van der Waals surface area contributed by atoms with Gasteiger partial charge in [0.05, 0.1) is 11.7 Å². The SMILES string of the molecule is CCCCCCCCCCCCCCCCCCCN(C)OCC.O=[N+]([O-])[O-].[Na+]. The van der Waals surface area contributed by atoms with Gasteiger partial charge in [-0.15, -0.1) is 0 Å². The van der Waals surface area contributed by atoms with Crippen LogP contribution in [-0.4, -0.2) is 30.3 Å². The van der Waals surface area contributed by atoms with Gasteiger partial charge in [0.25, 0.3) is 0 Å². The summed E-state index contributed by atoms with van der Waals surface area (Å²) in [5.41, 5.74) is 0. The van der Waals surface area contributed by atoms with Crippen molar-refractivity contribution in [3.8, 4) is 0 Å². The zero-order chi connectivity index (χ0) is 21.3. The van der Waals surface area contributed by atoms with Crippen molar-refractivity contribution in [1.82, 2.24) is 5.06 Å². The van der Waals surface area contributed by atoms with E-state index in [-0.39, 0.29) is 29.6 Å². The van der Waals surface area contributed by atoms with E-state index in [0.29, 0.717) is 0 Å². The Labute approximate surface area is 202 Å². The molecule has 0 saturated carbocycles. The standard InChI is InChI=1S/C22H47NO.NO3.Na/c1-4-6-7-8-9-10-11-12-13-14-15-16-17-18-19-20-21-22-23(3)24-5-2;2-1(3)4;/h4-22H2,1-3H3;;/q;-1;+1. The second-order valence-corrected chi connectivity index (χ2v) is 7.65. The Morgan fingerprint density at radius 3 is 1.21 bits per heavy atom. The molecular weight excluding hydrogens is 379 g/mol. The number of hydroxylamine groups is 2. The van der Waals surface area contributed by atoms with Gasteiger partial charge in [0.2, 0.25) is 0 Å². The molecule has 0 aliphatic rings. The van der Waals surface area contributed by atoms with Gasteiger partial charge in [-0.1, -0.05) is 110 Å². The van der Waals surface area contributed by atoms with Crippen molar-refractivity contribution in [2.45, 2.75) is 123 Å². The Morgan fingerprint density at radius 2 is 0.931 bits per heavy atom. The average Bonchev–Trinajstić information content (AvgIpc) is 2.64. The molecule has 0 N–H and O–H groups in total. The molecule has 0 aromatic rings. The summed E-state index contributed by atoms with van der Waals surface area (Å²) < 4.78 is 0. The number of hydrogen-bond acceptors (Lipinski definition) is 5. The van der Waals surface area contributed by atoms with Crippen LogP contribution in [0.3, 0.4) is 0 Å². The van der Waals surface area contributed by atoms with Crippen molar-refractivity contribution in [2.75, 3.05) is 20.2 Å². The van der Waals surface area contributed by atoms with Crippen LogP contribution >= 0.6 is 0 Å². The molecule has 0 atom stereocenters. The van der Waals surface area contributed by atoms with E-state index in [9.17, 15) is 0 Å². The van der Waals surface area contributed by atoms with E-state index in [4.69, 9.17) is 20.2 Å². The van der Waals surface area contributed by atoms with E-state index in [1.54, 1.807) is 0 Å². The molecule has 0 unspecified atom stereocenters. The summed E-state index contributed by atoms with van der Waals surface area (Å²) in [6.07, 6.45) is 24.4. The van der Waals surface area contributed by atoms with Crippen molar-refractivity contribution >= 4 is 0 Å². The minimum Gasteiger partial charge on any atom is -0.356 e. The predicted molar refractivity (Wildman–Crippen MR) is 119 cm³/mol. The first kappa shape index (κ1) is 33.8. The number of unbranched alkanes of at least 4 members (excludes halogenated alkanes) is 16. The van der Waals surface area contributed by atoms with Crippen LogP contribution in [0.15, 0.2) is 0 Å². The largest absolute Gasteiger partial charge is 1.00 e. The summed E-state index contributed by atoms with van der Waals surface area (Å²) in [6.45, 7) is 6.20. The fourth-order valence-electron chi connectivity index (χ4n) is 3.34. The first-order chi connectivity index (χ1) is 13.5. The van der Waals surface area contributed by atoms with Gasteiger partial charge in [-0.05, 0) is 13.3 Å². The molecule has 0 rings (SSSR count). The number of hydrogen-bond donors (Lipinski definition) is 0. The van der Waals surface area contributed by atoms with Crippen molar-refractivity contribution in [1.29, 1.82) is 0 Å². The quantitative estimate of drug-likeness (QED) is 0.126.